The first kappa shape index (κ1) is 18.0. The lowest BCUT2D eigenvalue weighted by molar-refractivity contribution is -0.115. The maximum atomic E-state index is 11.6. The molecule has 0 spiro atoms. The number of nitrogens with zero attached hydrogens (tertiary/aromatic N) is 1. The highest BCUT2D eigenvalue weighted by Crippen LogP contribution is 2.34. The summed E-state index contributed by atoms with van der Waals surface area (Å²) in [4.78, 5) is 26.9. The van der Waals surface area contributed by atoms with Gasteiger partial charge >= 0.3 is 0 Å². The number of fused-ring (bicyclic) bond motifs is 1. The van der Waals surface area contributed by atoms with Crippen LogP contribution in [0.4, 0.5) is 10.5 Å². The molecule has 2 aliphatic heterocycles. The van der Waals surface area contributed by atoms with Gasteiger partial charge in [0.05, 0.1) is 17.1 Å². The van der Waals surface area contributed by atoms with Gasteiger partial charge in [0.15, 0.2) is 0 Å². The molecular formula is C20H18N2O3S2. The smallest absolute Gasteiger partial charge is 0.290 e. The van der Waals surface area contributed by atoms with Crippen molar-refractivity contribution >= 4 is 46.4 Å². The van der Waals surface area contributed by atoms with Crippen LogP contribution >= 0.6 is 23.5 Å². The number of thioether (sulfide) groups is 2. The summed E-state index contributed by atoms with van der Waals surface area (Å²) < 4.78 is 5.88. The minimum atomic E-state index is -0.342. The van der Waals surface area contributed by atoms with Gasteiger partial charge in [-0.25, -0.2) is 0 Å². The molecular weight excluding hydrogens is 380 g/mol. The first-order valence-electron chi connectivity index (χ1n) is 8.63. The Labute approximate surface area is 166 Å². The number of carbonyl (C=O) groups is 2. The summed E-state index contributed by atoms with van der Waals surface area (Å²) in [6.45, 7) is 2.46. The lowest BCUT2D eigenvalue weighted by Crippen LogP contribution is -2.33. The van der Waals surface area contributed by atoms with Crippen LogP contribution in [0.2, 0.25) is 0 Å². The second-order valence-electron chi connectivity index (χ2n) is 6.07. The van der Waals surface area contributed by atoms with Gasteiger partial charge in [-0.1, -0.05) is 24.3 Å². The largest absolute Gasteiger partial charge is 0.492 e. The fourth-order valence-electron chi connectivity index (χ4n) is 2.97. The van der Waals surface area contributed by atoms with Crippen LogP contribution in [0.25, 0.3) is 6.08 Å². The van der Waals surface area contributed by atoms with Crippen molar-refractivity contribution in [1.82, 2.24) is 5.32 Å². The molecule has 27 heavy (non-hydrogen) atoms. The summed E-state index contributed by atoms with van der Waals surface area (Å²) in [5.74, 6) is 1.54. The van der Waals surface area contributed by atoms with Gasteiger partial charge in [-0.05, 0) is 47.7 Å². The maximum Gasteiger partial charge on any atom is 0.290 e. The number of hydrogen-bond acceptors (Lipinski definition) is 6. The molecule has 2 heterocycles. The average molecular weight is 399 g/mol. The minimum Gasteiger partial charge on any atom is -0.492 e. The fraction of sp³-hybridized carbons (Fsp3) is 0.200. The minimum absolute atomic E-state index is 0.330. The second kappa shape index (κ2) is 8.10. The molecule has 2 amide bonds. The van der Waals surface area contributed by atoms with Crippen molar-refractivity contribution in [3.05, 3.63) is 59.0 Å². The van der Waals surface area contributed by atoms with Crippen LogP contribution in [-0.4, -0.2) is 36.6 Å². The van der Waals surface area contributed by atoms with E-state index in [4.69, 9.17) is 4.74 Å². The number of ether oxygens (including phenoxy) is 1. The number of anilines is 1. The molecule has 2 aliphatic rings. The van der Waals surface area contributed by atoms with Gasteiger partial charge in [0.1, 0.15) is 12.4 Å². The van der Waals surface area contributed by atoms with E-state index >= 15 is 0 Å². The molecule has 0 aliphatic carbocycles. The van der Waals surface area contributed by atoms with E-state index in [2.05, 4.69) is 34.5 Å². The highest BCUT2D eigenvalue weighted by Gasteiger charge is 2.24. The van der Waals surface area contributed by atoms with E-state index in [9.17, 15) is 9.59 Å². The molecule has 7 heteroatoms. The number of rotatable bonds is 5. The summed E-state index contributed by atoms with van der Waals surface area (Å²) in [6, 6.07) is 16.0. The van der Waals surface area contributed by atoms with Crippen molar-refractivity contribution < 1.29 is 14.3 Å². The third-order valence-electron chi connectivity index (χ3n) is 4.27. The third-order valence-corrected chi connectivity index (χ3v) is 6.13. The number of hydrogen-bond donors (Lipinski definition) is 1. The second-order valence-corrected chi connectivity index (χ2v) is 8.22. The molecule has 2 aromatic carbocycles. The van der Waals surface area contributed by atoms with Crippen molar-refractivity contribution in [2.75, 3.05) is 30.3 Å². The summed E-state index contributed by atoms with van der Waals surface area (Å²) in [7, 11) is 0. The number of amides is 2. The SMILES string of the molecule is O=C1NC(=O)/C(=C/c2ccc(OCCN3CCSc4ccccc43)cc2)S1. The molecule has 0 aromatic heterocycles. The third kappa shape index (κ3) is 4.31. The van der Waals surface area contributed by atoms with Crippen LogP contribution in [0.1, 0.15) is 5.56 Å². The lowest BCUT2D eigenvalue weighted by atomic mass is 10.2. The Kier molecular flexibility index (Phi) is 5.40. The first-order chi connectivity index (χ1) is 13.2. The predicted molar refractivity (Wildman–Crippen MR) is 110 cm³/mol. The molecule has 0 radical (unpaired) electrons. The average Bonchev–Trinajstić information content (AvgIpc) is 3.00. The van der Waals surface area contributed by atoms with E-state index in [0.29, 0.717) is 11.5 Å². The van der Waals surface area contributed by atoms with Crippen molar-refractivity contribution in [1.29, 1.82) is 0 Å². The zero-order chi connectivity index (χ0) is 18.6. The summed E-state index contributed by atoms with van der Waals surface area (Å²) in [5, 5.41) is 1.92. The molecule has 1 N–H and O–H groups in total. The monoisotopic (exact) mass is 398 g/mol. The molecule has 5 nitrogen and oxygen atoms in total. The van der Waals surface area contributed by atoms with Gasteiger partial charge in [0.25, 0.3) is 11.1 Å². The summed E-state index contributed by atoms with van der Waals surface area (Å²) in [5.41, 5.74) is 2.14. The number of nitrogens with one attached hydrogen (secondary N) is 1. The van der Waals surface area contributed by atoms with Crippen LogP contribution in [0.15, 0.2) is 58.3 Å². The molecule has 1 saturated heterocycles. The molecule has 0 unspecified atom stereocenters. The molecule has 0 atom stereocenters. The van der Waals surface area contributed by atoms with Gasteiger partial charge in [-0.15, -0.1) is 11.8 Å². The molecule has 0 bridgehead atoms. The number of carbonyl (C=O) groups excluding carboxylic acids is 2. The van der Waals surface area contributed by atoms with Gasteiger partial charge in [0, 0.05) is 17.2 Å². The molecule has 1 fully saturated rings. The van der Waals surface area contributed by atoms with E-state index < -0.39 is 0 Å². The van der Waals surface area contributed by atoms with Crippen molar-refractivity contribution in [3.63, 3.8) is 0 Å². The lowest BCUT2D eigenvalue weighted by Gasteiger charge is -2.30. The standard InChI is InChI=1S/C20H18N2O3S2/c23-19-18(27-20(24)21-19)13-14-5-7-15(8-6-14)25-11-9-22-10-12-26-17-4-2-1-3-16(17)22/h1-8,13H,9-12H2,(H,21,23,24)/b18-13-. The number of benzene rings is 2. The predicted octanol–water partition coefficient (Wildman–Crippen LogP) is 4.00. The molecule has 4 rings (SSSR count). The normalized spacial score (nSPS) is 17.8. The topological polar surface area (TPSA) is 58.6 Å². The number of para-hydroxylation sites is 1. The Hall–Kier alpha value is -2.38. The van der Waals surface area contributed by atoms with Crippen molar-refractivity contribution in [3.8, 4) is 5.75 Å². The van der Waals surface area contributed by atoms with Gasteiger partial charge < -0.3 is 9.64 Å². The van der Waals surface area contributed by atoms with Crippen molar-refractivity contribution in [2.24, 2.45) is 0 Å². The van der Waals surface area contributed by atoms with E-state index in [1.807, 2.05) is 36.0 Å². The van der Waals surface area contributed by atoms with Gasteiger partial charge in [-0.2, -0.15) is 0 Å². The van der Waals surface area contributed by atoms with Crippen LogP contribution in [0, 0.1) is 0 Å². The Bertz CT molecular complexity index is 896. The maximum absolute atomic E-state index is 11.6. The zero-order valence-electron chi connectivity index (χ0n) is 14.5. The summed E-state index contributed by atoms with van der Waals surface area (Å²) >= 11 is 2.82. The first-order valence-corrected chi connectivity index (χ1v) is 10.4. The quantitative estimate of drug-likeness (QED) is 0.769. The molecule has 0 saturated carbocycles. The zero-order valence-corrected chi connectivity index (χ0v) is 16.1. The van der Waals surface area contributed by atoms with Crippen LogP contribution in [-0.2, 0) is 4.79 Å². The Morgan fingerprint density at radius 3 is 2.70 bits per heavy atom. The van der Waals surface area contributed by atoms with Crippen LogP contribution < -0.4 is 15.0 Å². The fourth-order valence-corrected chi connectivity index (χ4v) is 4.70. The summed E-state index contributed by atoms with van der Waals surface area (Å²) in [6.07, 6.45) is 1.71. The van der Waals surface area contributed by atoms with E-state index in [-0.39, 0.29) is 11.1 Å². The van der Waals surface area contributed by atoms with Gasteiger partial charge in [0.2, 0.25) is 0 Å². The highest BCUT2D eigenvalue weighted by atomic mass is 32.2. The van der Waals surface area contributed by atoms with Gasteiger partial charge in [-0.3, -0.25) is 14.9 Å². The number of imide groups is 1. The molecule has 138 valence electrons. The van der Waals surface area contributed by atoms with E-state index in [0.717, 1.165) is 41.9 Å². The van der Waals surface area contributed by atoms with Crippen LogP contribution in [0.3, 0.4) is 0 Å². The highest BCUT2D eigenvalue weighted by molar-refractivity contribution is 8.18. The van der Waals surface area contributed by atoms with E-state index in [1.54, 1.807) is 6.08 Å². The molecule has 2 aromatic rings. The van der Waals surface area contributed by atoms with E-state index in [1.165, 1.54) is 10.6 Å². The van der Waals surface area contributed by atoms with Crippen LogP contribution in [0.5, 0.6) is 5.75 Å². The Balaban J connectivity index is 1.33. The Morgan fingerprint density at radius 1 is 1.11 bits per heavy atom. The van der Waals surface area contributed by atoms with Crippen molar-refractivity contribution in [2.45, 2.75) is 4.90 Å². The Morgan fingerprint density at radius 2 is 1.93 bits per heavy atom.